The van der Waals surface area contributed by atoms with Gasteiger partial charge in [-0.2, -0.15) is 0 Å². The van der Waals surface area contributed by atoms with Crippen LogP contribution in [0.3, 0.4) is 0 Å². The van der Waals surface area contributed by atoms with Crippen molar-refractivity contribution in [2.75, 3.05) is 5.84 Å². The number of sulfone groups is 1. The Kier molecular flexibility index (Phi) is 2.58. The average molecular weight is 370 g/mol. The van der Waals surface area contributed by atoms with Crippen molar-refractivity contribution in [2.24, 2.45) is 0 Å². The summed E-state index contributed by atoms with van der Waals surface area (Å²) >= 11 is 0. The van der Waals surface area contributed by atoms with Crippen LogP contribution in [0.1, 0.15) is 0 Å². The third-order valence-electron chi connectivity index (χ3n) is 5.53. The molecule has 5 heteroatoms. The van der Waals surface area contributed by atoms with E-state index in [1.165, 1.54) is 0 Å². The van der Waals surface area contributed by atoms with E-state index in [4.69, 9.17) is 5.84 Å². The Morgan fingerprint density at radius 2 is 1.30 bits per heavy atom. The molecule has 0 amide bonds. The zero-order valence-electron chi connectivity index (χ0n) is 14.2. The molecule has 1 aliphatic heterocycles. The molecule has 0 atom stereocenters. The van der Waals surface area contributed by atoms with Crippen LogP contribution in [0.25, 0.3) is 43.7 Å². The van der Waals surface area contributed by atoms with Crippen molar-refractivity contribution in [2.45, 2.75) is 9.79 Å². The van der Waals surface area contributed by atoms with Crippen LogP contribution in [0.4, 0.5) is 0 Å². The number of nitrogens with zero attached hydrogens (tertiary/aromatic N) is 1. The molecule has 0 bridgehead atoms. The van der Waals surface area contributed by atoms with Gasteiger partial charge in [0, 0.05) is 21.9 Å². The quantitative estimate of drug-likeness (QED) is 0.401. The van der Waals surface area contributed by atoms with Gasteiger partial charge in [0.15, 0.2) is 0 Å². The van der Waals surface area contributed by atoms with E-state index in [9.17, 15) is 8.42 Å². The highest BCUT2D eigenvalue weighted by atomic mass is 32.2. The lowest BCUT2D eigenvalue weighted by atomic mass is 9.99. The van der Waals surface area contributed by atoms with E-state index in [0.29, 0.717) is 9.79 Å². The van der Waals surface area contributed by atoms with Gasteiger partial charge in [0.05, 0.1) is 20.8 Å². The maximum absolute atomic E-state index is 13.2. The summed E-state index contributed by atoms with van der Waals surface area (Å²) in [4.78, 5) is 0.701. The molecule has 2 N–H and O–H groups in total. The minimum atomic E-state index is -3.57. The largest absolute Gasteiger partial charge is 0.339 e. The molecule has 0 saturated carbocycles. The first-order chi connectivity index (χ1) is 13.1. The van der Waals surface area contributed by atoms with Crippen LogP contribution in [0.5, 0.6) is 0 Å². The fourth-order valence-corrected chi connectivity index (χ4v) is 5.93. The zero-order valence-corrected chi connectivity index (χ0v) is 15.0. The Labute approximate surface area is 155 Å². The molecule has 0 unspecified atom stereocenters. The van der Waals surface area contributed by atoms with Gasteiger partial charge in [-0.1, -0.05) is 42.5 Å². The number of rotatable bonds is 0. The van der Waals surface area contributed by atoms with Gasteiger partial charge in [0.2, 0.25) is 9.84 Å². The normalized spacial score (nSPS) is 14.7. The molecule has 0 spiro atoms. The van der Waals surface area contributed by atoms with Crippen LogP contribution in [0.15, 0.2) is 82.6 Å². The molecule has 0 aliphatic carbocycles. The van der Waals surface area contributed by atoms with Crippen molar-refractivity contribution >= 4 is 42.4 Å². The maximum atomic E-state index is 13.2. The standard InChI is InChI=1S/C22H14N2O2S/c23-24-19-8-4-3-7-15(19)16-11-18-17-9-13-5-1-2-6-14(13)10-21(17)27(25,26)22(18)12-20(16)24/h1-12H,23H2. The summed E-state index contributed by atoms with van der Waals surface area (Å²) in [5, 5.41) is 3.93. The SMILES string of the molecule is Nn1c2ccccc2c2cc3c(cc21)S(=O)(=O)c1cc2ccccc2cc1-3. The number of para-hydroxylation sites is 1. The molecule has 0 fully saturated rings. The molecule has 27 heavy (non-hydrogen) atoms. The van der Waals surface area contributed by atoms with E-state index in [1.807, 2.05) is 60.7 Å². The van der Waals surface area contributed by atoms with Crippen LogP contribution in [-0.4, -0.2) is 13.1 Å². The highest BCUT2D eigenvalue weighted by Crippen LogP contribution is 2.47. The Morgan fingerprint density at radius 1 is 0.667 bits per heavy atom. The van der Waals surface area contributed by atoms with Crippen LogP contribution in [-0.2, 0) is 9.84 Å². The second-order valence-corrected chi connectivity index (χ2v) is 8.84. The smallest absolute Gasteiger partial charge is 0.207 e. The third-order valence-corrected chi connectivity index (χ3v) is 7.36. The summed E-state index contributed by atoms with van der Waals surface area (Å²) in [5.74, 6) is 6.27. The van der Waals surface area contributed by atoms with Gasteiger partial charge >= 0.3 is 0 Å². The van der Waals surface area contributed by atoms with Crippen LogP contribution in [0, 0.1) is 0 Å². The molecular weight excluding hydrogens is 356 g/mol. The molecule has 0 radical (unpaired) electrons. The van der Waals surface area contributed by atoms with Crippen LogP contribution in [0.2, 0.25) is 0 Å². The van der Waals surface area contributed by atoms with Crippen molar-refractivity contribution < 1.29 is 8.42 Å². The molecule has 4 nitrogen and oxygen atoms in total. The number of aromatic nitrogens is 1. The molecule has 130 valence electrons. The molecule has 0 saturated heterocycles. The number of nitrogen functional groups attached to an aromatic ring is 1. The molecule has 1 aromatic heterocycles. The first kappa shape index (κ1) is 14.8. The van der Waals surface area contributed by atoms with Gasteiger partial charge in [-0.3, -0.25) is 4.68 Å². The Balaban J connectivity index is 1.81. The lowest BCUT2D eigenvalue weighted by molar-refractivity contribution is 0.599. The topological polar surface area (TPSA) is 65.1 Å². The lowest BCUT2D eigenvalue weighted by Gasteiger charge is -2.03. The maximum Gasteiger partial charge on any atom is 0.207 e. The number of hydrogen-bond donors (Lipinski definition) is 1. The second-order valence-electron chi connectivity index (χ2n) is 6.95. The van der Waals surface area contributed by atoms with E-state index in [0.717, 1.165) is 43.7 Å². The average Bonchev–Trinajstić information content (AvgIpc) is 3.09. The molecule has 2 heterocycles. The van der Waals surface area contributed by atoms with E-state index in [1.54, 1.807) is 16.8 Å². The van der Waals surface area contributed by atoms with Gasteiger partial charge in [-0.25, -0.2) is 8.42 Å². The first-order valence-electron chi connectivity index (χ1n) is 8.66. The minimum absolute atomic E-state index is 0.329. The molecule has 4 aromatic carbocycles. The number of fused-ring (bicyclic) bond motifs is 7. The Hall–Kier alpha value is -3.31. The van der Waals surface area contributed by atoms with Gasteiger partial charge < -0.3 is 5.84 Å². The monoisotopic (exact) mass is 370 g/mol. The van der Waals surface area contributed by atoms with E-state index < -0.39 is 9.84 Å². The first-order valence-corrected chi connectivity index (χ1v) is 10.1. The lowest BCUT2D eigenvalue weighted by Crippen LogP contribution is -2.07. The van der Waals surface area contributed by atoms with Gasteiger partial charge in [-0.05, 0) is 41.1 Å². The summed E-state index contributed by atoms with van der Waals surface area (Å²) in [6.45, 7) is 0. The van der Waals surface area contributed by atoms with Crippen LogP contribution < -0.4 is 5.84 Å². The predicted molar refractivity (Wildman–Crippen MR) is 108 cm³/mol. The summed E-state index contributed by atoms with van der Waals surface area (Å²) in [5.41, 5.74) is 3.11. The second kappa shape index (κ2) is 4.69. The summed E-state index contributed by atoms with van der Waals surface area (Å²) in [7, 11) is -3.57. The molecule has 1 aliphatic rings. The van der Waals surface area contributed by atoms with E-state index >= 15 is 0 Å². The Morgan fingerprint density at radius 3 is 2.11 bits per heavy atom. The minimum Gasteiger partial charge on any atom is -0.339 e. The van der Waals surface area contributed by atoms with E-state index in [2.05, 4.69) is 0 Å². The van der Waals surface area contributed by atoms with Crippen molar-refractivity contribution in [3.8, 4) is 11.1 Å². The summed E-state index contributed by atoms with van der Waals surface area (Å²) in [6.07, 6.45) is 0. The number of benzene rings is 4. The summed E-state index contributed by atoms with van der Waals surface area (Å²) < 4.78 is 28.0. The zero-order chi connectivity index (χ0) is 18.3. The van der Waals surface area contributed by atoms with Gasteiger partial charge in [0.1, 0.15) is 0 Å². The third kappa shape index (κ3) is 1.74. The highest BCUT2D eigenvalue weighted by Gasteiger charge is 2.34. The fraction of sp³-hybridized carbons (Fsp3) is 0. The predicted octanol–water partition coefficient (Wildman–Crippen LogP) is 4.47. The van der Waals surface area contributed by atoms with Crippen molar-refractivity contribution in [3.05, 3.63) is 72.8 Å². The summed E-state index contributed by atoms with van der Waals surface area (Å²) in [6, 6.07) is 23.1. The van der Waals surface area contributed by atoms with Crippen LogP contribution >= 0.6 is 0 Å². The molecule has 5 aromatic rings. The number of hydrogen-bond acceptors (Lipinski definition) is 3. The van der Waals surface area contributed by atoms with E-state index in [-0.39, 0.29) is 0 Å². The van der Waals surface area contributed by atoms with Crippen molar-refractivity contribution in [3.63, 3.8) is 0 Å². The number of nitrogens with two attached hydrogens (primary N) is 1. The van der Waals surface area contributed by atoms with Gasteiger partial charge in [-0.15, -0.1) is 0 Å². The molecular formula is C22H14N2O2S. The van der Waals surface area contributed by atoms with Gasteiger partial charge in [0.25, 0.3) is 0 Å². The van der Waals surface area contributed by atoms with Crippen molar-refractivity contribution in [1.82, 2.24) is 4.68 Å². The van der Waals surface area contributed by atoms with Crippen molar-refractivity contribution in [1.29, 1.82) is 0 Å². The Bertz CT molecular complexity index is 1550. The molecule has 6 rings (SSSR count). The highest BCUT2D eigenvalue weighted by molar-refractivity contribution is 7.92. The fourth-order valence-electron chi connectivity index (χ4n) is 4.23.